The van der Waals surface area contributed by atoms with Crippen LogP contribution in [0.2, 0.25) is 0 Å². The molecule has 0 heterocycles. The molecular weight excluding hydrogens is 400 g/mol. The Hall–Kier alpha value is -2.54. The van der Waals surface area contributed by atoms with E-state index in [9.17, 15) is 5.11 Å². The number of phenolic OH excluding ortho intramolecular Hbond substituents is 1. The van der Waals surface area contributed by atoms with Gasteiger partial charge in [-0.05, 0) is 121 Å². The fourth-order valence-electron chi connectivity index (χ4n) is 5.46. The van der Waals surface area contributed by atoms with Crippen molar-refractivity contribution in [1.29, 1.82) is 0 Å². The average molecular weight is 443 g/mol. The lowest BCUT2D eigenvalue weighted by Gasteiger charge is -2.30. The fourth-order valence-corrected chi connectivity index (χ4v) is 5.46. The molecule has 0 saturated carbocycles. The molecule has 0 saturated heterocycles. The number of aryl methyl sites for hydroxylation is 2. The number of rotatable bonds is 6. The minimum Gasteiger partial charge on any atom is -0.508 e. The maximum Gasteiger partial charge on any atom is 0.119 e. The van der Waals surface area contributed by atoms with E-state index in [0.29, 0.717) is 23.5 Å². The summed E-state index contributed by atoms with van der Waals surface area (Å²) in [7, 11) is 0. The molecule has 4 atom stereocenters. The van der Waals surface area contributed by atoms with E-state index in [1.54, 1.807) is 0 Å². The standard InChI is InChI=1S/C32H42O/c1-18-14-16-28(22(5)20(18)3)24(7)25(8)30-12-11-13-31(33)32(30)27(10)26(9)29-17-15-19(2)21(4)23(29)6/h11-17,24-27,33H,1-10H3. The van der Waals surface area contributed by atoms with Gasteiger partial charge in [-0.3, -0.25) is 0 Å². The van der Waals surface area contributed by atoms with E-state index < -0.39 is 0 Å². The molecule has 3 aromatic rings. The van der Waals surface area contributed by atoms with E-state index in [1.807, 2.05) is 12.1 Å². The summed E-state index contributed by atoms with van der Waals surface area (Å²) in [6, 6.07) is 15.1. The zero-order chi connectivity index (χ0) is 24.6. The molecule has 0 spiro atoms. The van der Waals surface area contributed by atoms with E-state index in [-0.39, 0.29) is 5.92 Å². The Labute approximate surface area is 201 Å². The Balaban J connectivity index is 2.04. The molecule has 33 heavy (non-hydrogen) atoms. The molecule has 1 N–H and O–H groups in total. The number of benzene rings is 3. The molecule has 0 radical (unpaired) electrons. The normalized spacial score (nSPS) is 15.2. The van der Waals surface area contributed by atoms with Crippen molar-refractivity contribution in [2.24, 2.45) is 0 Å². The average Bonchev–Trinajstić information content (AvgIpc) is 2.79. The predicted molar refractivity (Wildman–Crippen MR) is 143 cm³/mol. The molecule has 0 aliphatic heterocycles. The van der Waals surface area contributed by atoms with Crippen LogP contribution in [-0.2, 0) is 0 Å². The smallest absolute Gasteiger partial charge is 0.119 e. The number of hydrogen-bond acceptors (Lipinski definition) is 1. The molecule has 0 bridgehead atoms. The Morgan fingerprint density at radius 3 is 1.39 bits per heavy atom. The molecule has 0 aromatic heterocycles. The van der Waals surface area contributed by atoms with Gasteiger partial charge in [0, 0.05) is 5.56 Å². The molecule has 3 aromatic carbocycles. The molecule has 1 heteroatoms. The first-order valence-electron chi connectivity index (χ1n) is 12.4. The van der Waals surface area contributed by atoms with E-state index >= 15 is 0 Å². The largest absolute Gasteiger partial charge is 0.508 e. The van der Waals surface area contributed by atoms with Crippen LogP contribution in [0.3, 0.4) is 0 Å². The van der Waals surface area contributed by atoms with Gasteiger partial charge in [0.2, 0.25) is 0 Å². The summed E-state index contributed by atoms with van der Waals surface area (Å²) in [6.07, 6.45) is 0. The van der Waals surface area contributed by atoms with Crippen molar-refractivity contribution in [3.8, 4) is 5.75 Å². The first-order valence-corrected chi connectivity index (χ1v) is 12.4. The Kier molecular flexibility index (Phi) is 7.42. The van der Waals surface area contributed by atoms with E-state index in [1.165, 1.54) is 50.1 Å². The molecular formula is C32H42O. The van der Waals surface area contributed by atoms with Gasteiger partial charge < -0.3 is 5.11 Å². The minimum atomic E-state index is 0.206. The SMILES string of the molecule is Cc1ccc(C(C)C(C)c2cccc(O)c2C(C)C(C)c2ccc(C)c(C)c2C)c(C)c1C. The van der Waals surface area contributed by atoms with Crippen LogP contribution in [0.5, 0.6) is 5.75 Å². The maximum absolute atomic E-state index is 11.1. The lowest BCUT2D eigenvalue weighted by atomic mass is 9.74. The summed E-state index contributed by atoms with van der Waals surface area (Å²) < 4.78 is 0. The summed E-state index contributed by atoms with van der Waals surface area (Å²) in [5, 5.41) is 11.1. The highest BCUT2D eigenvalue weighted by Gasteiger charge is 2.28. The summed E-state index contributed by atoms with van der Waals surface area (Å²) >= 11 is 0. The lowest BCUT2D eigenvalue weighted by molar-refractivity contribution is 0.451. The van der Waals surface area contributed by atoms with Gasteiger partial charge >= 0.3 is 0 Å². The van der Waals surface area contributed by atoms with Crippen LogP contribution in [0.15, 0.2) is 42.5 Å². The van der Waals surface area contributed by atoms with Crippen molar-refractivity contribution in [1.82, 2.24) is 0 Å². The molecule has 4 unspecified atom stereocenters. The summed E-state index contributed by atoms with van der Waals surface area (Å²) in [5.74, 6) is 1.59. The second-order valence-corrected chi connectivity index (χ2v) is 10.4. The van der Waals surface area contributed by atoms with E-state index in [0.717, 1.165) is 5.56 Å². The van der Waals surface area contributed by atoms with Crippen molar-refractivity contribution in [3.63, 3.8) is 0 Å². The van der Waals surface area contributed by atoms with Crippen molar-refractivity contribution >= 4 is 0 Å². The van der Waals surface area contributed by atoms with Crippen LogP contribution in [0.4, 0.5) is 0 Å². The summed E-state index contributed by atoms with van der Waals surface area (Å²) in [4.78, 5) is 0. The van der Waals surface area contributed by atoms with Crippen LogP contribution < -0.4 is 0 Å². The quantitative estimate of drug-likeness (QED) is 0.403. The molecule has 1 nitrogen and oxygen atoms in total. The van der Waals surface area contributed by atoms with Crippen LogP contribution in [-0.4, -0.2) is 5.11 Å². The first kappa shape index (κ1) is 25.1. The van der Waals surface area contributed by atoms with Gasteiger partial charge in [0.15, 0.2) is 0 Å². The van der Waals surface area contributed by atoms with Gasteiger partial charge in [-0.2, -0.15) is 0 Å². The molecule has 0 amide bonds. The van der Waals surface area contributed by atoms with E-state index in [2.05, 4.69) is 99.6 Å². The number of aromatic hydroxyl groups is 1. The predicted octanol–water partition coefficient (Wildman–Crippen LogP) is 9.06. The van der Waals surface area contributed by atoms with Gasteiger partial charge in [-0.25, -0.2) is 0 Å². The van der Waals surface area contributed by atoms with Crippen molar-refractivity contribution in [3.05, 3.63) is 98.1 Å². The van der Waals surface area contributed by atoms with Crippen molar-refractivity contribution < 1.29 is 5.11 Å². The first-order chi connectivity index (χ1) is 15.5. The van der Waals surface area contributed by atoms with Gasteiger partial charge in [0.1, 0.15) is 5.75 Å². The highest BCUT2D eigenvalue weighted by Crippen LogP contribution is 2.45. The molecule has 0 aliphatic carbocycles. The molecule has 3 rings (SSSR count). The third-order valence-corrected chi connectivity index (χ3v) is 8.74. The third-order valence-electron chi connectivity index (χ3n) is 8.74. The highest BCUT2D eigenvalue weighted by molar-refractivity contribution is 5.49. The zero-order valence-corrected chi connectivity index (χ0v) is 22.3. The summed E-state index contributed by atoms with van der Waals surface area (Å²) in [5.41, 5.74) is 13.4. The van der Waals surface area contributed by atoms with E-state index in [4.69, 9.17) is 0 Å². The van der Waals surface area contributed by atoms with Gasteiger partial charge in [0.25, 0.3) is 0 Å². The number of phenols is 1. The number of hydrogen-bond donors (Lipinski definition) is 1. The second kappa shape index (κ2) is 9.75. The Bertz CT molecular complexity index is 1150. The highest BCUT2D eigenvalue weighted by atomic mass is 16.3. The van der Waals surface area contributed by atoms with Crippen LogP contribution >= 0.6 is 0 Å². The lowest BCUT2D eigenvalue weighted by Crippen LogP contribution is -2.14. The third kappa shape index (κ3) is 4.60. The summed E-state index contributed by atoms with van der Waals surface area (Å²) in [6.45, 7) is 22.5. The maximum atomic E-state index is 11.1. The Morgan fingerprint density at radius 1 is 0.485 bits per heavy atom. The monoisotopic (exact) mass is 442 g/mol. The molecule has 176 valence electrons. The van der Waals surface area contributed by atoms with Crippen LogP contribution in [0.25, 0.3) is 0 Å². The van der Waals surface area contributed by atoms with Crippen LogP contribution in [0.1, 0.15) is 107 Å². The fraction of sp³-hybridized carbons (Fsp3) is 0.438. The van der Waals surface area contributed by atoms with Gasteiger partial charge in [-0.15, -0.1) is 0 Å². The van der Waals surface area contributed by atoms with Crippen molar-refractivity contribution in [2.75, 3.05) is 0 Å². The zero-order valence-electron chi connectivity index (χ0n) is 22.3. The minimum absolute atomic E-state index is 0.206. The Morgan fingerprint density at radius 2 is 0.909 bits per heavy atom. The van der Waals surface area contributed by atoms with Crippen LogP contribution in [0, 0.1) is 41.5 Å². The topological polar surface area (TPSA) is 20.2 Å². The molecule has 0 aliphatic rings. The second-order valence-electron chi connectivity index (χ2n) is 10.4. The van der Waals surface area contributed by atoms with Crippen molar-refractivity contribution in [2.45, 2.75) is 92.9 Å². The van der Waals surface area contributed by atoms with Gasteiger partial charge in [0.05, 0.1) is 0 Å². The molecule has 0 fully saturated rings. The van der Waals surface area contributed by atoms with Gasteiger partial charge in [-0.1, -0.05) is 64.1 Å².